The number of hydrogen-bond donors (Lipinski definition) is 0. The Balaban J connectivity index is 1.62. The van der Waals surface area contributed by atoms with Gasteiger partial charge in [-0.05, 0) is 84.0 Å². The molecular weight excluding hydrogens is 452 g/mol. The molecule has 0 N–H and O–H groups in total. The summed E-state index contributed by atoms with van der Waals surface area (Å²) in [6.07, 6.45) is 6.80. The fourth-order valence-corrected chi connectivity index (χ4v) is 5.71. The van der Waals surface area contributed by atoms with Crippen LogP contribution in [0.5, 0.6) is 0 Å². The molecule has 3 aromatic rings. The monoisotopic (exact) mass is 494 g/mol. The van der Waals surface area contributed by atoms with Crippen molar-refractivity contribution in [2.75, 3.05) is 0 Å². The molecule has 0 amide bonds. The molecule has 36 heavy (non-hydrogen) atoms. The molecule has 3 aromatic carbocycles. The topological polar surface area (TPSA) is 0 Å². The summed E-state index contributed by atoms with van der Waals surface area (Å²) in [4.78, 5) is 2.58. The Labute approximate surface area is 223 Å². The van der Waals surface area contributed by atoms with E-state index < -0.39 is 0 Å². The largest absolute Gasteiger partial charge is 0.0901 e. The first-order chi connectivity index (χ1) is 16.9. The molecule has 0 aromatic heterocycles. The molecule has 1 aliphatic rings. The van der Waals surface area contributed by atoms with Gasteiger partial charge in [0, 0.05) is 15.7 Å². The molecule has 0 radical (unpaired) electrons. The standard InChI is InChI=1S/C35H42S/c1-24-9-17-30(18-10-24)36-31-19-12-26(13-20-31)21-27-14-16-29(35(6,7)8)23-33(27)32-22-28(34(3,4)5)15-11-25(32)2/h9-20,23,32H,21-22H2,1-8H3. The van der Waals surface area contributed by atoms with Gasteiger partial charge in [-0.3, -0.25) is 0 Å². The van der Waals surface area contributed by atoms with Gasteiger partial charge in [0.1, 0.15) is 0 Å². The molecule has 0 heterocycles. The zero-order valence-electron chi connectivity index (χ0n) is 23.4. The molecule has 4 rings (SSSR count). The molecule has 188 valence electrons. The van der Waals surface area contributed by atoms with Crippen LogP contribution in [0, 0.1) is 12.3 Å². The summed E-state index contributed by atoms with van der Waals surface area (Å²) in [5, 5.41) is 0. The summed E-state index contributed by atoms with van der Waals surface area (Å²) >= 11 is 1.83. The van der Waals surface area contributed by atoms with Crippen LogP contribution in [0.1, 0.15) is 88.6 Å². The van der Waals surface area contributed by atoms with Crippen LogP contribution in [-0.4, -0.2) is 0 Å². The van der Waals surface area contributed by atoms with Crippen LogP contribution >= 0.6 is 11.8 Å². The Morgan fingerprint density at radius 1 is 0.722 bits per heavy atom. The molecule has 1 atom stereocenters. The minimum Gasteiger partial charge on any atom is -0.0901 e. The highest BCUT2D eigenvalue weighted by Crippen LogP contribution is 2.43. The third kappa shape index (κ3) is 6.43. The number of aryl methyl sites for hydroxylation is 1. The van der Waals surface area contributed by atoms with E-state index in [1.165, 1.54) is 43.2 Å². The quantitative estimate of drug-likeness (QED) is 0.340. The smallest absolute Gasteiger partial charge is 0.0122 e. The van der Waals surface area contributed by atoms with Crippen LogP contribution in [0.15, 0.2) is 99.8 Å². The van der Waals surface area contributed by atoms with Crippen molar-refractivity contribution in [3.63, 3.8) is 0 Å². The van der Waals surface area contributed by atoms with Gasteiger partial charge in [-0.1, -0.05) is 125 Å². The molecule has 0 fully saturated rings. The lowest BCUT2D eigenvalue weighted by molar-refractivity contribution is 0.469. The minimum atomic E-state index is 0.136. The Morgan fingerprint density at radius 2 is 1.33 bits per heavy atom. The Hall–Kier alpha value is -2.51. The average molecular weight is 495 g/mol. The van der Waals surface area contributed by atoms with Crippen LogP contribution in [0.25, 0.3) is 0 Å². The lowest BCUT2D eigenvalue weighted by Gasteiger charge is -2.33. The lowest BCUT2D eigenvalue weighted by Crippen LogP contribution is -2.18. The van der Waals surface area contributed by atoms with E-state index in [4.69, 9.17) is 0 Å². The van der Waals surface area contributed by atoms with Gasteiger partial charge in [0.05, 0.1) is 0 Å². The first-order valence-corrected chi connectivity index (χ1v) is 14.1. The first-order valence-electron chi connectivity index (χ1n) is 13.2. The van der Waals surface area contributed by atoms with Crippen molar-refractivity contribution >= 4 is 11.8 Å². The van der Waals surface area contributed by atoms with Crippen LogP contribution in [0.2, 0.25) is 0 Å². The van der Waals surface area contributed by atoms with Gasteiger partial charge in [-0.2, -0.15) is 0 Å². The molecule has 1 heteroatoms. The average Bonchev–Trinajstić information content (AvgIpc) is 2.81. The van der Waals surface area contributed by atoms with Crippen LogP contribution < -0.4 is 0 Å². The zero-order chi connectivity index (χ0) is 26.1. The normalized spacial score (nSPS) is 16.5. The zero-order valence-corrected chi connectivity index (χ0v) is 24.2. The molecule has 0 bridgehead atoms. The van der Waals surface area contributed by atoms with Crippen LogP contribution in [0.3, 0.4) is 0 Å². The highest BCUT2D eigenvalue weighted by Gasteiger charge is 2.28. The fraction of sp³-hybridized carbons (Fsp3) is 0.371. The van der Waals surface area contributed by atoms with Gasteiger partial charge < -0.3 is 0 Å². The lowest BCUT2D eigenvalue weighted by atomic mass is 9.72. The maximum atomic E-state index is 2.50. The van der Waals surface area contributed by atoms with Crippen molar-refractivity contribution in [3.05, 3.63) is 118 Å². The third-order valence-electron chi connectivity index (χ3n) is 7.45. The Morgan fingerprint density at radius 3 is 1.92 bits per heavy atom. The van der Waals surface area contributed by atoms with Crippen LogP contribution in [0.4, 0.5) is 0 Å². The summed E-state index contributed by atoms with van der Waals surface area (Å²) in [6.45, 7) is 18.4. The fourth-order valence-electron chi connectivity index (χ4n) is 4.89. The second-order valence-electron chi connectivity index (χ2n) is 12.5. The Kier molecular flexibility index (Phi) is 7.72. The molecule has 0 saturated carbocycles. The second-order valence-corrected chi connectivity index (χ2v) is 13.7. The Bertz CT molecular complexity index is 1260. The van der Waals surface area contributed by atoms with Gasteiger partial charge in [0.15, 0.2) is 0 Å². The van der Waals surface area contributed by atoms with E-state index in [1.807, 2.05) is 11.8 Å². The molecule has 0 aliphatic heterocycles. The predicted octanol–water partition coefficient (Wildman–Crippen LogP) is 10.4. The second kappa shape index (κ2) is 10.5. The minimum absolute atomic E-state index is 0.136. The maximum absolute atomic E-state index is 2.50. The van der Waals surface area contributed by atoms with Crippen molar-refractivity contribution in [2.24, 2.45) is 5.41 Å². The molecule has 0 spiro atoms. The van der Waals surface area contributed by atoms with Gasteiger partial charge in [0.25, 0.3) is 0 Å². The van der Waals surface area contributed by atoms with E-state index in [2.05, 4.69) is 134 Å². The highest BCUT2D eigenvalue weighted by atomic mass is 32.2. The van der Waals surface area contributed by atoms with Crippen molar-refractivity contribution in [2.45, 2.75) is 89.4 Å². The van der Waals surface area contributed by atoms with E-state index >= 15 is 0 Å². The van der Waals surface area contributed by atoms with Gasteiger partial charge in [-0.15, -0.1) is 0 Å². The third-order valence-corrected chi connectivity index (χ3v) is 8.46. The number of benzene rings is 3. The summed E-state index contributed by atoms with van der Waals surface area (Å²) < 4.78 is 0. The molecule has 0 nitrogen and oxygen atoms in total. The van der Waals surface area contributed by atoms with Crippen molar-refractivity contribution < 1.29 is 0 Å². The van der Waals surface area contributed by atoms with Gasteiger partial charge >= 0.3 is 0 Å². The molecule has 0 saturated heterocycles. The van der Waals surface area contributed by atoms with Crippen LogP contribution in [-0.2, 0) is 11.8 Å². The van der Waals surface area contributed by atoms with E-state index in [0.29, 0.717) is 5.92 Å². The van der Waals surface area contributed by atoms with Gasteiger partial charge in [-0.25, -0.2) is 0 Å². The van der Waals surface area contributed by atoms with Crippen molar-refractivity contribution in [3.8, 4) is 0 Å². The van der Waals surface area contributed by atoms with E-state index in [-0.39, 0.29) is 10.8 Å². The van der Waals surface area contributed by atoms with E-state index in [9.17, 15) is 0 Å². The van der Waals surface area contributed by atoms with Gasteiger partial charge in [0.2, 0.25) is 0 Å². The number of hydrogen-bond acceptors (Lipinski definition) is 1. The van der Waals surface area contributed by atoms with E-state index in [1.54, 1.807) is 5.57 Å². The molecule has 1 unspecified atom stereocenters. The van der Waals surface area contributed by atoms with Crippen molar-refractivity contribution in [1.29, 1.82) is 0 Å². The molecular formula is C35H42S. The first kappa shape index (κ1) is 26.6. The highest BCUT2D eigenvalue weighted by molar-refractivity contribution is 7.99. The summed E-state index contributed by atoms with van der Waals surface area (Å²) in [6, 6.07) is 25.2. The summed E-state index contributed by atoms with van der Waals surface area (Å²) in [5.74, 6) is 0.442. The summed E-state index contributed by atoms with van der Waals surface area (Å²) in [5.41, 5.74) is 10.4. The summed E-state index contributed by atoms with van der Waals surface area (Å²) in [7, 11) is 0. The number of allylic oxidation sites excluding steroid dienone is 4. The number of rotatable bonds is 5. The predicted molar refractivity (Wildman–Crippen MR) is 158 cm³/mol. The SMILES string of the molecule is CC1=CC=C(C(C)(C)C)CC1c1cc(C(C)(C)C)ccc1Cc1ccc(Sc2ccc(C)cc2)cc1. The molecule has 1 aliphatic carbocycles. The maximum Gasteiger partial charge on any atom is 0.0122 e. The van der Waals surface area contributed by atoms with Crippen molar-refractivity contribution in [1.82, 2.24) is 0 Å². The van der Waals surface area contributed by atoms with E-state index in [0.717, 1.165) is 12.8 Å².